The van der Waals surface area contributed by atoms with Crippen molar-refractivity contribution in [3.05, 3.63) is 71.9 Å². The summed E-state index contributed by atoms with van der Waals surface area (Å²) in [5.74, 6) is -0.299. The van der Waals surface area contributed by atoms with E-state index in [1.54, 1.807) is 71.2 Å². The first-order chi connectivity index (χ1) is 16.5. The molecular weight excluding hydrogens is 446 g/mol. The number of hydrogen-bond donors (Lipinski definition) is 1. The number of nitrogens with zero attached hydrogens (tertiary/aromatic N) is 2. The van der Waals surface area contributed by atoms with Crippen molar-refractivity contribution in [3.63, 3.8) is 0 Å². The molecule has 8 heteroatoms. The van der Waals surface area contributed by atoms with E-state index in [1.165, 1.54) is 22.8 Å². The minimum Gasteiger partial charge on any atom is -0.497 e. The smallest absolute Gasteiger partial charge is 0.419 e. The van der Waals surface area contributed by atoms with E-state index >= 15 is 0 Å². The minimum atomic E-state index is -0.646. The third kappa shape index (κ3) is 6.29. The molecule has 0 aliphatic rings. The van der Waals surface area contributed by atoms with Gasteiger partial charge in [0.2, 0.25) is 0 Å². The van der Waals surface area contributed by atoms with E-state index in [0.717, 1.165) is 5.39 Å². The van der Waals surface area contributed by atoms with Crippen molar-refractivity contribution in [2.45, 2.75) is 46.3 Å². The van der Waals surface area contributed by atoms with Gasteiger partial charge in [-0.1, -0.05) is 24.3 Å². The zero-order valence-electron chi connectivity index (χ0n) is 20.9. The number of hydrazine groups is 1. The Labute approximate surface area is 205 Å². The lowest BCUT2D eigenvalue weighted by molar-refractivity contribution is -0.130. The van der Waals surface area contributed by atoms with Gasteiger partial charge < -0.3 is 9.47 Å². The predicted molar refractivity (Wildman–Crippen MR) is 135 cm³/mol. The van der Waals surface area contributed by atoms with Crippen LogP contribution < -0.4 is 10.2 Å². The second-order valence-corrected chi connectivity index (χ2v) is 9.26. The maximum atomic E-state index is 13.0. The number of ether oxygens (including phenoxy) is 2. The van der Waals surface area contributed by atoms with Gasteiger partial charge in [0.1, 0.15) is 11.4 Å². The number of benzene rings is 2. The van der Waals surface area contributed by atoms with Gasteiger partial charge in [-0.2, -0.15) is 0 Å². The Bertz CT molecular complexity index is 1270. The molecule has 0 saturated heterocycles. The number of hydrogen-bond acceptors (Lipinski definition) is 5. The number of nitrogens with one attached hydrogen (secondary N) is 1. The molecule has 35 heavy (non-hydrogen) atoms. The summed E-state index contributed by atoms with van der Waals surface area (Å²) in [4.78, 5) is 38.5. The normalized spacial score (nSPS) is 11.6. The fourth-order valence-electron chi connectivity index (χ4n) is 3.42. The highest BCUT2D eigenvalue weighted by molar-refractivity contribution is 6.01. The van der Waals surface area contributed by atoms with E-state index in [0.29, 0.717) is 22.4 Å². The topological polar surface area (TPSA) is 89.9 Å². The van der Waals surface area contributed by atoms with Gasteiger partial charge in [0, 0.05) is 34.8 Å². The highest BCUT2D eigenvalue weighted by Gasteiger charge is 2.21. The quantitative estimate of drug-likeness (QED) is 0.411. The molecule has 0 saturated carbocycles. The molecule has 0 radical (unpaired) electrons. The number of carbonyl (C=O) groups is 3. The van der Waals surface area contributed by atoms with E-state index in [9.17, 15) is 14.4 Å². The van der Waals surface area contributed by atoms with Crippen LogP contribution in [0.1, 0.15) is 50.5 Å². The number of rotatable bonds is 5. The molecule has 0 atom stereocenters. The summed E-state index contributed by atoms with van der Waals surface area (Å²) in [6.45, 7) is 9.00. The number of carbonyl (C=O) groups excluding carboxylic acids is 3. The molecule has 0 spiro atoms. The van der Waals surface area contributed by atoms with Gasteiger partial charge in [0.15, 0.2) is 0 Å². The van der Waals surface area contributed by atoms with Gasteiger partial charge in [-0.15, -0.1) is 0 Å². The van der Waals surface area contributed by atoms with Crippen LogP contribution in [-0.4, -0.2) is 46.2 Å². The van der Waals surface area contributed by atoms with Crippen molar-refractivity contribution in [1.82, 2.24) is 15.0 Å². The van der Waals surface area contributed by atoms with E-state index in [4.69, 9.17) is 9.47 Å². The van der Waals surface area contributed by atoms with Crippen LogP contribution >= 0.6 is 0 Å². The lowest BCUT2D eigenvalue weighted by Gasteiger charge is -2.26. The molecule has 0 aliphatic carbocycles. The second-order valence-electron chi connectivity index (χ2n) is 9.26. The van der Waals surface area contributed by atoms with Crippen molar-refractivity contribution < 1.29 is 23.9 Å². The van der Waals surface area contributed by atoms with Crippen LogP contribution in [-0.2, 0) is 9.53 Å². The van der Waals surface area contributed by atoms with Crippen LogP contribution in [0.3, 0.4) is 0 Å². The lowest BCUT2D eigenvalue weighted by Crippen LogP contribution is -2.49. The van der Waals surface area contributed by atoms with Gasteiger partial charge in [0.25, 0.3) is 11.8 Å². The molecule has 1 aromatic heterocycles. The summed E-state index contributed by atoms with van der Waals surface area (Å²) >= 11 is 0. The third-order valence-electron chi connectivity index (χ3n) is 5.05. The first-order valence-corrected chi connectivity index (χ1v) is 11.3. The van der Waals surface area contributed by atoms with Gasteiger partial charge in [-0.3, -0.25) is 19.6 Å². The number of fused-ring (bicyclic) bond motifs is 1. The summed E-state index contributed by atoms with van der Waals surface area (Å²) in [6.07, 6.45) is 4.12. The van der Waals surface area contributed by atoms with E-state index in [2.05, 4.69) is 5.43 Å². The molecule has 0 aliphatic heterocycles. The largest absolute Gasteiger partial charge is 0.497 e. The van der Waals surface area contributed by atoms with Crippen molar-refractivity contribution in [2.24, 2.45) is 0 Å². The molecular formula is C27H31N3O5. The molecule has 2 amide bonds. The first kappa shape index (κ1) is 25.6. The van der Waals surface area contributed by atoms with Crippen LogP contribution in [0, 0.1) is 0 Å². The molecule has 8 nitrogen and oxygen atoms in total. The van der Waals surface area contributed by atoms with Gasteiger partial charge in [0.05, 0.1) is 12.6 Å². The summed E-state index contributed by atoms with van der Waals surface area (Å²) in [6, 6.07) is 13.7. The third-order valence-corrected chi connectivity index (χ3v) is 5.05. The lowest BCUT2D eigenvalue weighted by atomic mass is 10.1. The number of para-hydroxylation sites is 1. The summed E-state index contributed by atoms with van der Waals surface area (Å²) in [5.41, 5.74) is 3.72. The second kappa shape index (κ2) is 10.5. The van der Waals surface area contributed by atoms with Crippen molar-refractivity contribution in [3.8, 4) is 5.75 Å². The van der Waals surface area contributed by atoms with Crippen LogP contribution in [0.4, 0.5) is 4.79 Å². The number of amides is 2. The van der Waals surface area contributed by atoms with Gasteiger partial charge in [-0.25, -0.2) is 9.80 Å². The average molecular weight is 478 g/mol. The Hall–Kier alpha value is -4.07. The Kier molecular flexibility index (Phi) is 7.64. The van der Waals surface area contributed by atoms with Crippen LogP contribution in [0.25, 0.3) is 17.0 Å². The maximum absolute atomic E-state index is 13.0. The van der Waals surface area contributed by atoms with Crippen molar-refractivity contribution >= 4 is 34.9 Å². The van der Waals surface area contributed by atoms with Crippen LogP contribution in [0.15, 0.2) is 60.8 Å². The molecule has 2 aromatic carbocycles. The standard InChI is InChI=1S/C27H31N3O5/c1-18(2)30(28-25(32)19-10-9-11-21(16-19)34-6)24(31)15-14-20-17-29(26(33)35-27(3,4)5)23-13-8-7-12-22(20)23/h7-18H,1-6H3,(H,28,32). The zero-order valence-corrected chi connectivity index (χ0v) is 20.9. The Morgan fingerprint density at radius 1 is 1.06 bits per heavy atom. The Morgan fingerprint density at radius 2 is 1.77 bits per heavy atom. The Balaban J connectivity index is 1.84. The summed E-state index contributed by atoms with van der Waals surface area (Å²) in [7, 11) is 1.52. The SMILES string of the molecule is COc1cccc(C(=O)NN(C(=O)C=Cc2cn(C(=O)OC(C)(C)C)c3ccccc23)C(C)C)c1. The van der Waals surface area contributed by atoms with Gasteiger partial charge in [-0.05, 0) is 65.0 Å². The highest BCUT2D eigenvalue weighted by Crippen LogP contribution is 2.24. The van der Waals surface area contributed by atoms with E-state index < -0.39 is 23.5 Å². The molecule has 3 aromatic rings. The first-order valence-electron chi connectivity index (χ1n) is 11.3. The molecule has 0 bridgehead atoms. The Morgan fingerprint density at radius 3 is 2.43 bits per heavy atom. The van der Waals surface area contributed by atoms with Crippen LogP contribution in [0.5, 0.6) is 5.75 Å². The van der Waals surface area contributed by atoms with E-state index in [-0.39, 0.29) is 6.04 Å². The summed E-state index contributed by atoms with van der Waals surface area (Å²) in [5, 5.41) is 2.05. The van der Waals surface area contributed by atoms with Crippen molar-refractivity contribution in [1.29, 1.82) is 0 Å². The fraction of sp³-hybridized carbons (Fsp3) is 0.296. The maximum Gasteiger partial charge on any atom is 0.419 e. The highest BCUT2D eigenvalue weighted by atomic mass is 16.6. The van der Waals surface area contributed by atoms with Gasteiger partial charge >= 0.3 is 6.09 Å². The molecule has 184 valence electrons. The predicted octanol–water partition coefficient (Wildman–Crippen LogP) is 5.03. The van der Waals surface area contributed by atoms with Crippen molar-refractivity contribution in [2.75, 3.05) is 7.11 Å². The van der Waals surface area contributed by atoms with Crippen LogP contribution in [0.2, 0.25) is 0 Å². The molecule has 1 heterocycles. The molecule has 1 N–H and O–H groups in total. The minimum absolute atomic E-state index is 0.301. The monoisotopic (exact) mass is 477 g/mol. The summed E-state index contributed by atoms with van der Waals surface area (Å²) < 4.78 is 12.1. The molecule has 0 fully saturated rings. The average Bonchev–Trinajstić information content (AvgIpc) is 3.18. The number of aromatic nitrogens is 1. The number of methoxy groups -OCH3 is 1. The molecule has 0 unspecified atom stereocenters. The van der Waals surface area contributed by atoms with E-state index in [1.807, 2.05) is 24.3 Å². The fourth-order valence-corrected chi connectivity index (χ4v) is 3.42. The molecule has 3 rings (SSSR count). The zero-order chi connectivity index (χ0) is 25.8.